The van der Waals surface area contributed by atoms with Gasteiger partial charge in [0.25, 0.3) is 0 Å². The molecule has 4 atom stereocenters. The van der Waals surface area contributed by atoms with Gasteiger partial charge in [-0.05, 0) is 84.5 Å². The van der Waals surface area contributed by atoms with Crippen molar-refractivity contribution >= 4 is 11.9 Å². The lowest BCUT2D eigenvalue weighted by atomic mass is 9.55. The van der Waals surface area contributed by atoms with E-state index in [4.69, 9.17) is 0 Å². The van der Waals surface area contributed by atoms with E-state index in [-0.39, 0.29) is 6.61 Å². The SMILES string of the molecule is C[C@@]12CCC[C@H]1[C@@H]1CC(=CCCO)c3ccc(C=O)cc3[C@H]1CC2. The molecule has 1 aromatic carbocycles. The number of allylic oxidation sites excluding steroid dienone is 1. The molecule has 4 rings (SSSR count). The average molecular weight is 324 g/mol. The predicted octanol–water partition coefficient (Wildman–Crippen LogP) is 4.97. The third-order valence-corrected chi connectivity index (χ3v) is 7.15. The van der Waals surface area contributed by atoms with E-state index in [0.717, 1.165) is 30.6 Å². The maximum atomic E-state index is 11.3. The monoisotopic (exact) mass is 324 g/mol. The standard InChI is InChI=1S/C22H28O2/c1-22-9-2-5-21(22)20-13-16(4-3-11-23)17-7-6-15(14-24)12-19(17)18(20)8-10-22/h4,6-7,12,14,18,20-21,23H,2-3,5,8-11,13H2,1H3/t18-,20-,21+,22+/m1/s1. The van der Waals surface area contributed by atoms with Crippen LogP contribution in [-0.4, -0.2) is 18.0 Å². The molecule has 0 heterocycles. The number of aldehydes is 1. The minimum atomic E-state index is 0.209. The van der Waals surface area contributed by atoms with Crippen LogP contribution in [-0.2, 0) is 0 Å². The molecule has 3 aliphatic carbocycles. The second kappa shape index (κ2) is 6.15. The molecule has 0 bridgehead atoms. The van der Waals surface area contributed by atoms with E-state index in [1.807, 2.05) is 6.07 Å². The Labute approximate surface area is 145 Å². The van der Waals surface area contributed by atoms with Crippen LogP contribution >= 0.6 is 0 Å². The number of hydrogen-bond acceptors (Lipinski definition) is 2. The summed E-state index contributed by atoms with van der Waals surface area (Å²) in [6.07, 6.45) is 11.8. The number of carbonyl (C=O) groups is 1. The summed E-state index contributed by atoms with van der Waals surface area (Å²) in [6, 6.07) is 6.23. The number of benzene rings is 1. The minimum absolute atomic E-state index is 0.209. The Balaban J connectivity index is 1.79. The zero-order valence-electron chi connectivity index (χ0n) is 14.6. The van der Waals surface area contributed by atoms with Crippen molar-refractivity contribution in [1.29, 1.82) is 0 Å². The van der Waals surface area contributed by atoms with Gasteiger partial charge in [0.05, 0.1) is 0 Å². The Morgan fingerprint density at radius 1 is 1.29 bits per heavy atom. The third kappa shape index (κ3) is 2.47. The van der Waals surface area contributed by atoms with Gasteiger partial charge in [-0.15, -0.1) is 0 Å². The van der Waals surface area contributed by atoms with Crippen LogP contribution in [0.4, 0.5) is 0 Å². The van der Waals surface area contributed by atoms with Crippen molar-refractivity contribution in [2.24, 2.45) is 17.3 Å². The van der Waals surface area contributed by atoms with E-state index >= 15 is 0 Å². The van der Waals surface area contributed by atoms with Crippen LogP contribution in [0.1, 0.15) is 79.3 Å². The summed E-state index contributed by atoms with van der Waals surface area (Å²) in [7, 11) is 0. The van der Waals surface area contributed by atoms with Gasteiger partial charge in [-0.3, -0.25) is 4.79 Å². The number of fused-ring (bicyclic) bond motifs is 5. The second-order valence-electron chi connectivity index (χ2n) is 8.37. The zero-order chi connectivity index (χ0) is 16.7. The van der Waals surface area contributed by atoms with Crippen molar-refractivity contribution in [3.8, 4) is 0 Å². The van der Waals surface area contributed by atoms with Gasteiger partial charge >= 0.3 is 0 Å². The van der Waals surface area contributed by atoms with Crippen molar-refractivity contribution in [1.82, 2.24) is 0 Å². The molecule has 2 nitrogen and oxygen atoms in total. The largest absolute Gasteiger partial charge is 0.396 e. The summed E-state index contributed by atoms with van der Waals surface area (Å²) in [4.78, 5) is 11.3. The highest BCUT2D eigenvalue weighted by Crippen LogP contribution is 2.62. The fourth-order valence-corrected chi connectivity index (χ4v) is 6.00. The first kappa shape index (κ1) is 16.1. The van der Waals surface area contributed by atoms with Gasteiger partial charge in [-0.1, -0.05) is 31.6 Å². The van der Waals surface area contributed by atoms with Gasteiger partial charge < -0.3 is 5.11 Å². The Morgan fingerprint density at radius 2 is 2.17 bits per heavy atom. The molecule has 0 aromatic heterocycles. The van der Waals surface area contributed by atoms with Gasteiger partial charge in [-0.2, -0.15) is 0 Å². The molecular weight excluding hydrogens is 296 g/mol. The highest BCUT2D eigenvalue weighted by Gasteiger charge is 2.50. The molecule has 0 amide bonds. The van der Waals surface area contributed by atoms with Gasteiger partial charge in [0, 0.05) is 12.2 Å². The van der Waals surface area contributed by atoms with Crippen molar-refractivity contribution in [2.45, 2.75) is 57.8 Å². The quantitative estimate of drug-likeness (QED) is 0.797. The zero-order valence-corrected chi connectivity index (χ0v) is 14.6. The Hall–Kier alpha value is -1.41. The smallest absolute Gasteiger partial charge is 0.150 e. The lowest BCUT2D eigenvalue weighted by molar-refractivity contribution is 0.0701. The lowest BCUT2D eigenvalue weighted by Gasteiger charge is -2.49. The molecule has 24 heavy (non-hydrogen) atoms. The molecule has 128 valence electrons. The van der Waals surface area contributed by atoms with Crippen LogP contribution in [0.5, 0.6) is 0 Å². The molecule has 2 heteroatoms. The minimum Gasteiger partial charge on any atom is -0.396 e. The second-order valence-corrected chi connectivity index (χ2v) is 8.37. The normalized spacial score (nSPS) is 36.1. The fourth-order valence-electron chi connectivity index (χ4n) is 6.00. The van der Waals surface area contributed by atoms with Crippen LogP contribution < -0.4 is 0 Å². The summed E-state index contributed by atoms with van der Waals surface area (Å²) >= 11 is 0. The van der Waals surface area contributed by atoms with Crippen LogP contribution in [0.15, 0.2) is 24.3 Å². The first-order valence-electron chi connectivity index (χ1n) is 9.55. The molecule has 0 aliphatic heterocycles. The first-order valence-corrected chi connectivity index (χ1v) is 9.55. The van der Waals surface area contributed by atoms with Crippen LogP contribution in [0, 0.1) is 17.3 Å². The van der Waals surface area contributed by atoms with Crippen molar-refractivity contribution < 1.29 is 9.90 Å². The highest BCUT2D eigenvalue weighted by molar-refractivity contribution is 5.79. The Kier molecular flexibility index (Phi) is 4.12. The Bertz CT molecular complexity index is 675. The van der Waals surface area contributed by atoms with E-state index in [1.54, 1.807) is 0 Å². The van der Waals surface area contributed by atoms with E-state index in [2.05, 4.69) is 25.1 Å². The van der Waals surface area contributed by atoms with E-state index in [1.165, 1.54) is 48.8 Å². The molecule has 0 saturated heterocycles. The molecule has 0 radical (unpaired) electrons. The fraction of sp³-hybridized carbons (Fsp3) is 0.591. The lowest BCUT2D eigenvalue weighted by Crippen LogP contribution is -2.39. The van der Waals surface area contributed by atoms with E-state index < -0.39 is 0 Å². The first-order chi connectivity index (χ1) is 11.7. The topological polar surface area (TPSA) is 37.3 Å². The van der Waals surface area contributed by atoms with Gasteiger partial charge in [-0.25, -0.2) is 0 Å². The third-order valence-electron chi connectivity index (χ3n) is 7.15. The van der Waals surface area contributed by atoms with Crippen molar-refractivity contribution in [3.05, 3.63) is 41.0 Å². The molecule has 2 saturated carbocycles. The predicted molar refractivity (Wildman–Crippen MR) is 97.0 cm³/mol. The van der Waals surface area contributed by atoms with Gasteiger partial charge in [0.15, 0.2) is 0 Å². The summed E-state index contributed by atoms with van der Waals surface area (Å²) < 4.78 is 0. The maximum absolute atomic E-state index is 11.3. The van der Waals surface area contributed by atoms with Crippen molar-refractivity contribution in [2.75, 3.05) is 6.61 Å². The average Bonchev–Trinajstić information content (AvgIpc) is 3.01. The van der Waals surface area contributed by atoms with E-state index in [9.17, 15) is 9.90 Å². The summed E-state index contributed by atoms with van der Waals surface area (Å²) in [5, 5.41) is 9.26. The van der Waals surface area contributed by atoms with Crippen LogP contribution in [0.3, 0.4) is 0 Å². The number of carbonyl (C=O) groups excluding carboxylic acids is 1. The summed E-state index contributed by atoms with van der Waals surface area (Å²) in [5.74, 6) is 2.15. The Morgan fingerprint density at radius 3 is 2.96 bits per heavy atom. The molecule has 1 aromatic rings. The molecular formula is C22H28O2. The van der Waals surface area contributed by atoms with Crippen LogP contribution in [0.2, 0.25) is 0 Å². The number of hydrogen-bond donors (Lipinski definition) is 1. The molecule has 1 N–H and O–H groups in total. The number of aliphatic hydroxyl groups excluding tert-OH is 1. The number of rotatable bonds is 3. The van der Waals surface area contributed by atoms with Gasteiger partial charge in [0.1, 0.15) is 6.29 Å². The van der Waals surface area contributed by atoms with E-state index in [0.29, 0.717) is 17.3 Å². The number of aliphatic hydroxyl groups is 1. The van der Waals surface area contributed by atoms with Gasteiger partial charge in [0.2, 0.25) is 0 Å². The molecule has 0 spiro atoms. The maximum Gasteiger partial charge on any atom is 0.150 e. The van der Waals surface area contributed by atoms with Crippen LogP contribution in [0.25, 0.3) is 5.57 Å². The molecule has 2 fully saturated rings. The highest BCUT2D eigenvalue weighted by atomic mass is 16.2. The molecule has 3 aliphatic rings. The molecule has 0 unspecified atom stereocenters. The summed E-state index contributed by atoms with van der Waals surface area (Å²) in [6.45, 7) is 2.72. The van der Waals surface area contributed by atoms with Crippen molar-refractivity contribution in [3.63, 3.8) is 0 Å². The summed E-state index contributed by atoms with van der Waals surface area (Å²) in [5.41, 5.74) is 5.46.